The minimum Gasteiger partial charge on any atom is -0.379 e. The molecule has 1 N–H and O–H groups in total. The fourth-order valence-corrected chi connectivity index (χ4v) is 4.57. The summed E-state index contributed by atoms with van der Waals surface area (Å²) in [5.41, 5.74) is 0.661. The molecule has 0 bridgehead atoms. The first-order valence-corrected chi connectivity index (χ1v) is 8.71. The van der Waals surface area contributed by atoms with Crippen molar-refractivity contribution in [2.24, 2.45) is 5.41 Å². The fourth-order valence-electron chi connectivity index (χ4n) is 2.92. The molecule has 19 heavy (non-hydrogen) atoms. The Hall–Kier alpha value is 0.230. The summed E-state index contributed by atoms with van der Waals surface area (Å²) in [6.45, 7) is 14.5. The Kier molecular flexibility index (Phi) is 5.21. The maximum Gasteiger partial charge on any atom is 0.0594 e. The molecule has 0 saturated carbocycles. The maximum absolute atomic E-state index is 5.46. The summed E-state index contributed by atoms with van der Waals surface area (Å²) in [5, 5.41) is 3.85. The van der Waals surface area contributed by atoms with Crippen LogP contribution in [0.15, 0.2) is 0 Å². The third kappa shape index (κ3) is 4.10. The lowest BCUT2D eigenvalue weighted by molar-refractivity contribution is -0.0114. The van der Waals surface area contributed by atoms with E-state index in [2.05, 4.69) is 49.7 Å². The first-order valence-electron chi connectivity index (χ1n) is 7.56. The Labute approximate surface area is 122 Å². The molecule has 112 valence electrons. The van der Waals surface area contributed by atoms with E-state index in [1.807, 2.05) is 0 Å². The highest BCUT2D eigenvalue weighted by Gasteiger charge is 2.35. The van der Waals surface area contributed by atoms with Gasteiger partial charge in [0.05, 0.1) is 13.2 Å². The van der Waals surface area contributed by atoms with Gasteiger partial charge in [-0.05, 0) is 31.4 Å². The molecule has 0 radical (unpaired) electrons. The number of ether oxygens (including phenoxy) is 1. The molecular formula is C15H30N2OS. The Balaban J connectivity index is 1.85. The molecular weight excluding hydrogens is 256 g/mol. The van der Waals surface area contributed by atoms with Crippen LogP contribution in [0, 0.1) is 5.41 Å². The average molecular weight is 286 g/mol. The van der Waals surface area contributed by atoms with Crippen molar-refractivity contribution < 1.29 is 4.74 Å². The average Bonchev–Trinajstić information content (AvgIpc) is 2.38. The molecule has 0 aromatic heterocycles. The van der Waals surface area contributed by atoms with Crippen molar-refractivity contribution in [3.63, 3.8) is 0 Å². The van der Waals surface area contributed by atoms with Gasteiger partial charge in [0.1, 0.15) is 0 Å². The van der Waals surface area contributed by atoms with Crippen LogP contribution in [0.1, 0.15) is 34.1 Å². The Morgan fingerprint density at radius 1 is 1.32 bits per heavy atom. The van der Waals surface area contributed by atoms with E-state index >= 15 is 0 Å². The largest absolute Gasteiger partial charge is 0.379 e. The molecule has 0 aliphatic carbocycles. The van der Waals surface area contributed by atoms with Gasteiger partial charge in [-0.1, -0.05) is 13.8 Å². The van der Waals surface area contributed by atoms with Gasteiger partial charge in [0.15, 0.2) is 0 Å². The lowest BCUT2D eigenvalue weighted by Crippen LogP contribution is -2.58. The molecule has 4 heteroatoms. The highest BCUT2D eigenvalue weighted by molar-refractivity contribution is 7.99. The van der Waals surface area contributed by atoms with Gasteiger partial charge in [-0.15, -0.1) is 0 Å². The molecule has 2 saturated heterocycles. The fraction of sp³-hybridized carbons (Fsp3) is 1.00. The van der Waals surface area contributed by atoms with Crippen LogP contribution in [-0.4, -0.2) is 60.8 Å². The van der Waals surface area contributed by atoms with E-state index in [0.717, 1.165) is 32.8 Å². The van der Waals surface area contributed by atoms with Crippen LogP contribution in [0.25, 0.3) is 0 Å². The smallest absolute Gasteiger partial charge is 0.0594 e. The number of thioether (sulfide) groups is 1. The second-order valence-electron chi connectivity index (χ2n) is 7.16. The number of hydrogen-bond donors (Lipinski definition) is 1. The normalized spacial score (nSPS) is 29.4. The monoisotopic (exact) mass is 286 g/mol. The van der Waals surface area contributed by atoms with Crippen molar-refractivity contribution in [2.75, 3.05) is 44.4 Å². The Bertz CT molecular complexity index is 288. The first kappa shape index (κ1) is 15.6. The zero-order valence-electron chi connectivity index (χ0n) is 13.0. The summed E-state index contributed by atoms with van der Waals surface area (Å²) >= 11 is 2.10. The summed E-state index contributed by atoms with van der Waals surface area (Å²) in [7, 11) is 0. The molecule has 1 atom stereocenters. The van der Waals surface area contributed by atoms with Crippen LogP contribution < -0.4 is 5.32 Å². The summed E-state index contributed by atoms with van der Waals surface area (Å²) in [5.74, 6) is 2.57. The molecule has 2 aliphatic heterocycles. The number of morpholine rings is 1. The van der Waals surface area contributed by atoms with Crippen LogP contribution >= 0.6 is 11.8 Å². The van der Waals surface area contributed by atoms with Crippen LogP contribution in [0.5, 0.6) is 0 Å². The van der Waals surface area contributed by atoms with E-state index in [1.54, 1.807) is 0 Å². The van der Waals surface area contributed by atoms with Crippen LogP contribution in [0.3, 0.4) is 0 Å². The highest BCUT2D eigenvalue weighted by atomic mass is 32.2. The number of nitrogens with zero attached hydrogens (tertiary/aromatic N) is 1. The van der Waals surface area contributed by atoms with Gasteiger partial charge in [-0.2, -0.15) is 11.8 Å². The third-order valence-corrected chi connectivity index (χ3v) is 5.83. The molecule has 0 spiro atoms. The molecule has 1 unspecified atom stereocenters. The predicted octanol–water partition coefficient (Wildman–Crippen LogP) is 2.22. The minimum atomic E-state index is 0.224. The van der Waals surface area contributed by atoms with E-state index in [1.165, 1.54) is 17.9 Å². The molecule has 0 amide bonds. The van der Waals surface area contributed by atoms with Crippen LogP contribution in [-0.2, 0) is 4.74 Å². The van der Waals surface area contributed by atoms with Crippen molar-refractivity contribution in [3.05, 3.63) is 0 Å². The topological polar surface area (TPSA) is 24.5 Å². The number of hydrogen-bond acceptors (Lipinski definition) is 4. The van der Waals surface area contributed by atoms with Crippen molar-refractivity contribution in [3.8, 4) is 0 Å². The molecule has 0 aromatic carbocycles. The summed E-state index contributed by atoms with van der Waals surface area (Å²) < 4.78 is 5.46. The zero-order valence-corrected chi connectivity index (χ0v) is 13.8. The first-order chi connectivity index (χ1) is 8.92. The van der Waals surface area contributed by atoms with E-state index < -0.39 is 0 Å². The predicted molar refractivity (Wildman–Crippen MR) is 84.0 cm³/mol. The van der Waals surface area contributed by atoms with Gasteiger partial charge < -0.3 is 10.1 Å². The maximum atomic E-state index is 5.46. The zero-order chi connectivity index (χ0) is 13.9. The third-order valence-electron chi connectivity index (χ3n) is 4.77. The van der Waals surface area contributed by atoms with Crippen molar-refractivity contribution in [1.82, 2.24) is 10.2 Å². The lowest BCUT2D eigenvalue weighted by atomic mass is 9.82. The Morgan fingerprint density at radius 3 is 2.63 bits per heavy atom. The standard InChI is InChI=1S/C15H30N2OS/c1-14(2)5-10-19-11-13(14)16-12-15(3,4)17-6-8-18-9-7-17/h13,16H,5-12H2,1-4H3. The lowest BCUT2D eigenvalue weighted by Gasteiger charge is -2.44. The minimum absolute atomic E-state index is 0.224. The molecule has 2 fully saturated rings. The summed E-state index contributed by atoms with van der Waals surface area (Å²) in [6, 6.07) is 0.645. The number of rotatable bonds is 4. The summed E-state index contributed by atoms with van der Waals surface area (Å²) in [6.07, 6.45) is 1.33. The van der Waals surface area contributed by atoms with Crippen molar-refractivity contribution in [1.29, 1.82) is 0 Å². The second kappa shape index (κ2) is 6.33. The molecule has 3 nitrogen and oxygen atoms in total. The van der Waals surface area contributed by atoms with Gasteiger partial charge >= 0.3 is 0 Å². The van der Waals surface area contributed by atoms with E-state index in [4.69, 9.17) is 4.74 Å². The second-order valence-corrected chi connectivity index (χ2v) is 8.31. The van der Waals surface area contributed by atoms with Gasteiger partial charge in [0, 0.05) is 37.0 Å². The Morgan fingerprint density at radius 2 is 2.00 bits per heavy atom. The van der Waals surface area contributed by atoms with Crippen LogP contribution in [0.4, 0.5) is 0 Å². The van der Waals surface area contributed by atoms with Crippen molar-refractivity contribution in [2.45, 2.75) is 45.7 Å². The highest BCUT2D eigenvalue weighted by Crippen LogP contribution is 2.34. The molecule has 2 rings (SSSR count). The van der Waals surface area contributed by atoms with Gasteiger partial charge in [0.2, 0.25) is 0 Å². The quantitative estimate of drug-likeness (QED) is 0.856. The SMILES string of the molecule is CC1(C)CCSCC1NCC(C)(C)N1CCOCC1. The van der Waals surface area contributed by atoms with E-state index in [0.29, 0.717) is 11.5 Å². The van der Waals surface area contributed by atoms with Crippen molar-refractivity contribution >= 4 is 11.8 Å². The van der Waals surface area contributed by atoms with E-state index in [-0.39, 0.29) is 5.54 Å². The van der Waals surface area contributed by atoms with Gasteiger partial charge in [0.25, 0.3) is 0 Å². The van der Waals surface area contributed by atoms with Crippen LogP contribution in [0.2, 0.25) is 0 Å². The molecule has 0 aromatic rings. The summed E-state index contributed by atoms with van der Waals surface area (Å²) in [4.78, 5) is 2.56. The van der Waals surface area contributed by atoms with Gasteiger partial charge in [-0.3, -0.25) is 4.90 Å². The molecule has 2 aliphatic rings. The van der Waals surface area contributed by atoms with E-state index in [9.17, 15) is 0 Å². The molecule has 2 heterocycles. The van der Waals surface area contributed by atoms with Gasteiger partial charge in [-0.25, -0.2) is 0 Å². The number of nitrogens with one attached hydrogen (secondary N) is 1.